The van der Waals surface area contributed by atoms with Crippen molar-refractivity contribution < 1.29 is 19.4 Å². The standard InChI is InChI=1S/C25H21ClN2O4/c1-15-5-3-4-6-18(15)22-21(23(29)19-13-17(32-2)7-8-20(19)26)24(30)25(31)28(22)14-16-9-11-27-12-10-16/h3-13,22,29H,14H2,1-2H3/b23-21+. The number of carbonyl (C=O) groups is 2. The van der Waals surface area contributed by atoms with E-state index in [-0.39, 0.29) is 28.5 Å². The van der Waals surface area contributed by atoms with Crippen LogP contribution in [0, 0.1) is 6.92 Å². The van der Waals surface area contributed by atoms with Crippen LogP contribution in [-0.4, -0.2) is 33.8 Å². The van der Waals surface area contributed by atoms with Gasteiger partial charge in [0.25, 0.3) is 11.7 Å². The molecule has 1 unspecified atom stereocenters. The molecule has 1 saturated heterocycles. The van der Waals surface area contributed by atoms with E-state index >= 15 is 0 Å². The van der Waals surface area contributed by atoms with Gasteiger partial charge < -0.3 is 14.7 Å². The van der Waals surface area contributed by atoms with Crippen LogP contribution in [0.2, 0.25) is 5.02 Å². The Bertz CT molecular complexity index is 1220. The van der Waals surface area contributed by atoms with Gasteiger partial charge in [0.1, 0.15) is 11.5 Å². The number of halogens is 1. The first-order chi connectivity index (χ1) is 15.4. The van der Waals surface area contributed by atoms with Gasteiger partial charge >= 0.3 is 0 Å². The Hall–Kier alpha value is -3.64. The minimum absolute atomic E-state index is 0.00601. The molecule has 32 heavy (non-hydrogen) atoms. The third-order valence-corrected chi connectivity index (χ3v) is 5.88. The summed E-state index contributed by atoms with van der Waals surface area (Å²) >= 11 is 6.34. The number of hydrogen-bond acceptors (Lipinski definition) is 5. The van der Waals surface area contributed by atoms with Gasteiger partial charge in [-0.1, -0.05) is 35.9 Å². The van der Waals surface area contributed by atoms with Crippen molar-refractivity contribution in [1.29, 1.82) is 0 Å². The van der Waals surface area contributed by atoms with Crippen molar-refractivity contribution in [2.45, 2.75) is 19.5 Å². The summed E-state index contributed by atoms with van der Waals surface area (Å²) in [6.07, 6.45) is 3.26. The SMILES string of the molecule is COc1ccc(Cl)c(/C(O)=C2\C(=O)C(=O)N(Cc3ccncc3)C2c2ccccc2C)c1. The Morgan fingerprint density at radius 1 is 1.12 bits per heavy atom. The van der Waals surface area contributed by atoms with E-state index in [4.69, 9.17) is 16.3 Å². The molecule has 2 heterocycles. The predicted octanol–water partition coefficient (Wildman–Crippen LogP) is 4.67. The highest BCUT2D eigenvalue weighted by Crippen LogP contribution is 2.42. The number of ketones is 1. The Labute approximate surface area is 190 Å². The van der Waals surface area contributed by atoms with Crippen LogP contribution in [0.4, 0.5) is 0 Å². The van der Waals surface area contributed by atoms with Gasteiger partial charge in [-0.25, -0.2) is 0 Å². The Balaban J connectivity index is 1.92. The number of nitrogens with zero attached hydrogens (tertiary/aromatic N) is 2. The zero-order valence-corrected chi connectivity index (χ0v) is 18.3. The first-order valence-electron chi connectivity index (χ1n) is 9.99. The maximum Gasteiger partial charge on any atom is 0.295 e. The van der Waals surface area contributed by atoms with E-state index in [2.05, 4.69) is 4.98 Å². The monoisotopic (exact) mass is 448 g/mol. The minimum atomic E-state index is -0.772. The average molecular weight is 449 g/mol. The summed E-state index contributed by atoms with van der Waals surface area (Å²) in [6.45, 7) is 2.09. The van der Waals surface area contributed by atoms with E-state index in [1.165, 1.54) is 12.0 Å². The van der Waals surface area contributed by atoms with Crippen molar-refractivity contribution in [2.75, 3.05) is 7.11 Å². The lowest BCUT2D eigenvalue weighted by Crippen LogP contribution is -2.29. The van der Waals surface area contributed by atoms with Crippen LogP contribution in [0.3, 0.4) is 0 Å². The molecule has 0 saturated carbocycles. The first-order valence-corrected chi connectivity index (χ1v) is 10.4. The number of aliphatic hydroxyl groups is 1. The zero-order chi connectivity index (χ0) is 22.8. The number of aryl methyl sites for hydroxylation is 1. The smallest absolute Gasteiger partial charge is 0.295 e. The molecule has 1 fully saturated rings. The van der Waals surface area contributed by atoms with Crippen molar-refractivity contribution in [1.82, 2.24) is 9.88 Å². The lowest BCUT2D eigenvalue weighted by molar-refractivity contribution is -0.140. The van der Waals surface area contributed by atoms with Crippen LogP contribution >= 0.6 is 11.6 Å². The molecule has 0 aliphatic carbocycles. The number of pyridine rings is 1. The quantitative estimate of drug-likeness (QED) is 0.348. The fraction of sp³-hybridized carbons (Fsp3) is 0.160. The molecule has 1 aliphatic rings. The van der Waals surface area contributed by atoms with E-state index < -0.39 is 17.7 Å². The number of amides is 1. The molecule has 3 aromatic rings. The first kappa shape index (κ1) is 21.6. The van der Waals surface area contributed by atoms with E-state index in [9.17, 15) is 14.7 Å². The molecule has 1 amide bonds. The number of aliphatic hydroxyl groups excluding tert-OH is 1. The number of Topliss-reactive ketones (excluding diaryl/α,β-unsaturated/α-hetero) is 1. The van der Waals surface area contributed by atoms with E-state index in [0.29, 0.717) is 5.75 Å². The number of ether oxygens (including phenoxy) is 1. The number of aromatic nitrogens is 1. The fourth-order valence-corrected chi connectivity index (χ4v) is 4.11. The van der Waals surface area contributed by atoms with Crippen molar-refractivity contribution in [3.63, 3.8) is 0 Å². The van der Waals surface area contributed by atoms with Crippen molar-refractivity contribution in [2.24, 2.45) is 0 Å². The average Bonchev–Trinajstić information content (AvgIpc) is 3.05. The summed E-state index contributed by atoms with van der Waals surface area (Å²) in [5.41, 5.74) is 2.68. The lowest BCUT2D eigenvalue weighted by Gasteiger charge is -2.26. The molecule has 0 bridgehead atoms. The van der Waals surface area contributed by atoms with Gasteiger partial charge in [-0.05, 0) is 53.9 Å². The molecule has 162 valence electrons. The molecule has 0 spiro atoms. The van der Waals surface area contributed by atoms with Crippen LogP contribution in [0.5, 0.6) is 5.75 Å². The number of benzene rings is 2. The molecule has 0 radical (unpaired) electrons. The maximum absolute atomic E-state index is 13.2. The van der Waals surface area contributed by atoms with Crippen LogP contribution in [0.15, 0.2) is 72.6 Å². The van der Waals surface area contributed by atoms with Crippen LogP contribution < -0.4 is 4.74 Å². The number of carbonyl (C=O) groups excluding carboxylic acids is 2. The van der Waals surface area contributed by atoms with Crippen LogP contribution in [0.25, 0.3) is 5.76 Å². The number of rotatable bonds is 5. The summed E-state index contributed by atoms with van der Waals surface area (Å²) < 4.78 is 5.24. The molecular weight excluding hydrogens is 428 g/mol. The molecule has 1 aliphatic heterocycles. The topological polar surface area (TPSA) is 79.7 Å². The second kappa shape index (κ2) is 8.85. The second-order valence-corrected chi connectivity index (χ2v) is 7.89. The second-order valence-electron chi connectivity index (χ2n) is 7.48. The third-order valence-electron chi connectivity index (χ3n) is 5.55. The largest absolute Gasteiger partial charge is 0.507 e. The zero-order valence-electron chi connectivity index (χ0n) is 17.6. The summed E-state index contributed by atoms with van der Waals surface area (Å²) in [7, 11) is 1.49. The fourth-order valence-electron chi connectivity index (χ4n) is 3.90. The molecule has 1 atom stereocenters. The van der Waals surface area contributed by atoms with Gasteiger partial charge in [0.05, 0.1) is 23.7 Å². The highest BCUT2D eigenvalue weighted by atomic mass is 35.5. The van der Waals surface area contributed by atoms with Gasteiger partial charge in [0.15, 0.2) is 0 Å². The highest BCUT2D eigenvalue weighted by Gasteiger charge is 2.46. The summed E-state index contributed by atoms with van der Waals surface area (Å²) in [5, 5.41) is 11.5. The lowest BCUT2D eigenvalue weighted by atomic mass is 9.92. The van der Waals surface area contributed by atoms with Gasteiger partial charge in [0, 0.05) is 24.5 Å². The van der Waals surface area contributed by atoms with Crippen molar-refractivity contribution >= 4 is 29.1 Å². The number of likely N-dealkylation sites (tertiary alicyclic amines) is 1. The summed E-state index contributed by atoms with van der Waals surface area (Å²) in [6, 6.07) is 15.0. The van der Waals surface area contributed by atoms with E-state index in [1.54, 1.807) is 42.7 Å². The van der Waals surface area contributed by atoms with Crippen LogP contribution in [-0.2, 0) is 16.1 Å². The molecule has 1 aromatic heterocycles. The molecule has 4 rings (SSSR count). The normalized spacial score (nSPS) is 17.6. The summed E-state index contributed by atoms with van der Waals surface area (Å²) in [5.74, 6) is -1.31. The molecule has 7 heteroatoms. The van der Waals surface area contributed by atoms with Crippen LogP contribution in [0.1, 0.15) is 28.3 Å². The van der Waals surface area contributed by atoms with Gasteiger partial charge in [-0.3, -0.25) is 14.6 Å². The molecule has 1 N–H and O–H groups in total. The number of hydrogen-bond donors (Lipinski definition) is 1. The van der Waals surface area contributed by atoms with Crippen molar-refractivity contribution in [3.8, 4) is 5.75 Å². The predicted molar refractivity (Wildman–Crippen MR) is 121 cm³/mol. The van der Waals surface area contributed by atoms with Gasteiger partial charge in [-0.2, -0.15) is 0 Å². The van der Waals surface area contributed by atoms with Gasteiger partial charge in [-0.15, -0.1) is 0 Å². The maximum atomic E-state index is 13.2. The number of methoxy groups -OCH3 is 1. The Kier molecular flexibility index (Phi) is 5.97. The highest BCUT2D eigenvalue weighted by molar-refractivity contribution is 6.47. The Morgan fingerprint density at radius 3 is 2.53 bits per heavy atom. The van der Waals surface area contributed by atoms with Gasteiger partial charge in [0.2, 0.25) is 0 Å². The summed E-state index contributed by atoms with van der Waals surface area (Å²) in [4.78, 5) is 31.8. The molecular formula is C25H21ClN2O4. The Morgan fingerprint density at radius 2 is 1.84 bits per heavy atom. The third kappa shape index (κ3) is 3.85. The van der Waals surface area contributed by atoms with E-state index in [0.717, 1.165) is 16.7 Å². The minimum Gasteiger partial charge on any atom is -0.507 e. The van der Waals surface area contributed by atoms with E-state index in [1.807, 2.05) is 31.2 Å². The molecule has 6 nitrogen and oxygen atoms in total. The van der Waals surface area contributed by atoms with Crippen molar-refractivity contribution in [3.05, 3.63) is 99.8 Å². The molecule has 2 aromatic carbocycles.